The summed E-state index contributed by atoms with van der Waals surface area (Å²) < 4.78 is 0. The summed E-state index contributed by atoms with van der Waals surface area (Å²) in [6.07, 6.45) is 1.54. The van der Waals surface area contributed by atoms with Crippen LogP contribution >= 0.6 is 23.2 Å². The van der Waals surface area contributed by atoms with Crippen molar-refractivity contribution in [3.8, 4) is 0 Å². The van der Waals surface area contributed by atoms with Gasteiger partial charge in [0.2, 0.25) is 0 Å². The van der Waals surface area contributed by atoms with Gasteiger partial charge in [-0.25, -0.2) is 0 Å². The van der Waals surface area contributed by atoms with Crippen molar-refractivity contribution in [3.63, 3.8) is 0 Å². The van der Waals surface area contributed by atoms with Crippen LogP contribution < -0.4 is 0 Å². The van der Waals surface area contributed by atoms with E-state index >= 15 is 0 Å². The van der Waals surface area contributed by atoms with Gasteiger partial charge >= 0.3 is 0 Å². The van der Waals surface area contributed by atoms with E-state index in [1.54, 1.807) is 30.3 Å². The lowest BCUT2D eigenvalue weighted by atomic mass is 9.95. The van der Waals surface area contributed by atoms with Gasteiger partial charge in [0.25, 0.3) is 11.7 Å². The maximum absolute atomic E-state index is 12.8. The first-order chi connectivity index (χ1) is 13.4. The number of aliphatic hydroxyl groups excluding tert-OH is 1. The molecule has 28 heavy (non-hydrogen) atoms. The van der Waals surface area contributed by atoms with Crippen LogP contribution in [0.3, 0.4) is 0 Å². The fourth-order valence-corrected chi connectivity index (χ4v) is 3.74. The number of hydrogen-bond acceptors (Lipinski definition) is 3. The van der Waals surface area contributed by atoms with Gasteiger partial charge < -0.3 is 10.0 Å². The van der Waals surface area contributed by atoms with Crippen LogP contribution in [0.2, 0.25) is 10.0 Å². The van der Waals surface area contributed by atoms with Gasteiger partial charge in [0, 0.05) is 12.1 Å². The van der Waals surface area contributed by atoms with Crippen LogP contribution in [-0.2, 0) is 16.0 Å². The van der Waals surface area contributed by atoms with Crippen molar-refractivity contribution in [1.82, 2.24) is 4.90 Å². The van der Waals surface area contributed by atoms with Crippen molar-refractivity contribution < 1.29 is 14.7 Å². The number of rotatable bonds is 5. The van der Waals surface area contributed by atoms with Gasteiger partial charge in [-0.05, 0) is 36.1 Å². The van der Waals surface area contributed by atoms with E-state index < -0.39 is 17.7 Å². The summed E-state index contributed by atoms with van der Waals surface area (Å²) in [5.41, 5.74) is 2.32. The highest BCUT2D eigenvalue weighted by Gasteiger charge is 2.45. The Labute approximate surface area is 174 Å². The molecule has 6 heteroatoms. The number of halogens is 2. The molecule has 1 amide bonds. The Morgan fingerprint density at radius 3 is 2.29 bits per heavy atom. The highest BCUT2D eigenvalue weighted by atomic mass is 35.5. The fraction of sp³-hybridized carbons (Fsp3) is 0.273. The van der Waals surface area contributed by atoms with Crippen molar-refractivity contribution in [2.45, 2.75) is 32.7 Å². The van der Waals surface area contributed by atoms with Gasteiger partial charge in [0.05, 0.1) is 21.7 Å². The molecule has 0 aromatic heterocycles. The first kappa shape index (κ1) is 20.4. The molecule has 0 aliphatic carbocycles. The topological polar surface area (TPSA) is 57.6 Å². The number of carbonyl (C=O) groups excluding carboxylic acids is 2. The van der Waals surface area contributed by atoms with Gasteiger partial charge in [-0.2, -0.15) is 0 Å². The van der Waals surface area contributed by atoms with Gasteiger partial charge in [0.15, 0.2) is 0 Å². The highest BCUT2D eigenvalue weighted by molar-refractivity contribution is 6.46. The Bertz CT molecular complexity index is 951. The number of amides is 1. The van der Waals surface area contributed by atoms with Crippen molar-refractivity contribution in [3.05, 3.63) is 74.8 Å². The molecule has 0 saturated carbocycles. The van der Waals surface area contributed by atoms with E-state index in [1.807, 2.05) is 26.0 Å². The summed E-state index contributed by atoms with van der Waals surface area (Å²) >= 11 is 12.2. The molecule has 1 N–H and O–H groups in total. The lowest BCUT2D eigenvalue weighted by Crippen LogP contribution is -2.30. The second-order valence-electron chi connectivity index (χ2n) is 6.72. The molecule has 3 rings (SSSR count). The molecule has 1 aliphatic heterocycles. The number of nitrogens with zero attached hydrogens (tertiary/aromatic N) is 1. The average molecular weight is 418 g/mol. The number of hydrogen-bond donors (Lipinski definition) is 1. The number of aryl methyl sites for hydroxylation is 1. The molecule has 1 fully saturated rings. The largest absolute Gasteiger partial charge is 0.507 e. The SMILES string of the molecule is CCCN1C(=O)C(=O)/C(=C(\O)c2ccc(CC)cc2)C1c1ccc(Cl)c(Cl)c1. The number of benzene rings is 2. The van der Waals surface area contributed by atoms with E-state index in [9.17, 15) is 14.7 Å². The van der Waals surface area contributed by atoms with Crippen molar-refractivity contribution in [2.24, 2.45) is 0 Å². The van der Waals surface area contributed by atoms with Crippen LogP contribution in [0.1, 0.15) is 43.0 Å². The van der Waals surface area contributed by atoms with Gasteiger partial charge in [-0.1, -0.05) is 67.4 Å². The third-order valence-electron chi connectivity index (χ3n) is 4.90. The molecule has 1 saturated heterocycles. The minimum Gasteiger partial charge on any atom is -0.507 e. The normalized spacial score (nSPS) is 18.7. The van der Waals surface area contributed by atoms with Crippen LogP contribution in [0.25, 0.3) is 5.76 Å². The zero-order valence-electron chi connectivity index (χ0n) is 15.7. The van der Waals surface area contributed by atoms with Crippen molar-refractivity contribution >= 4 is 40.7 Å². The fourth-order valence-electron chi connectivity index (χ4n) is 3.43. The van der Waals surface area contributed by atoms with Crippen LogP contribution in [0.5, 0.6) is 0 Å². The van der Waals surface area contributed by atoms with E-state index in [1.165, 1.54) is 4.90 Å². The summed E-state index contributed by atoms with van der Waals surface area (Å²) in [4.78, 5) is 26.9. The molecule has 0 spiro atoms. The second kappa shape index (κ2) is 8.38. The van der Waals surface area contributed by atoms with Crippen LogP contribution in [0, 0.1) is 0 Å². The molecule has 2 aromatic rings. The molecule has 1 aliphatic rings. The summed E-state index contributed by atoms with van der Waals surface area (Å²) in [6.45, 7) is 4.35. The van der Waals surface area contributed by atoms with E-state index in [0.29, 0.717) is 34.1 Å². The highest BCUT2D eigenvalue weighted by Crippen LogP contribution is 2.40. The lowest BCUT2D eigenvalue weighted by Gasteiger charge is -2.25. The van der Waals surface area contributed by atoms with Crippen molar-refractivity contribution in [2.75, 3.05) is 6.54 Å². The zero-order chi connectivity index (χ0) is 20.4. The predicted octanol–water partition coefficient (Wildman–Crippen LogP) is 5.39. The molecule has 4 nitrogen and oxygen atoms in total. The lowest BCUT2D eigenvalue weighted by molar-refractivity contribution is -0.139. The summed E-state index contributed by atoms with van der Waals surface area (Å²) in [5, 5.41) is 11.6. The Balaban J connectivity index is 2.17. The van der Waals surface area contributed by atoms with Gasteiger partial charge in [-0.3, -0.25) is 9.59 Å². The predicted molar refractivity (Wildman–Crippen MR) is 112 cm³/mol. The number of carbonyl (C=O) groups is 2. The van der Waals surface area contributed by atoms with E-state index in [2.05, 4.69) is 0 Å². The number of Topliss-reactive ketones (excluding diaryl/α,β-unsaturated/α-hetero) is 1. The van der Waals surface area contributed by atoms with E-state index in [4.69, 9.17) is 23.2 Å². The second-order valence-corrected chi connectivity index (χ2v) is 7.53. The third kappa shape index (κ3) is 3.67. The summed E-state index contributed by atoms with van der Waals surface area (Å²) in [7, 11) is 0. The first-order valence-electron chi connectivity index (χ1n) is 9.21. The molecule has 1 heterocycles. The van der Waals surface area contributed by atoms with E-state index in [-0.39, 0.29) is 11.3 Å². The zero-order valence-corrected chi connectivity index (χ0v) is 17.2. The average Bonchev–Trinajstić information content (AvgIpc) is 2.95. The maximum atomic E-state index is 12.8. The number of likely N-dealkylation sites (tertiary alicyclic amines) is 1. The first-order valence-corrected chi connectivity index (χ1v) is 9.97. The molecule has 146 valence electrons. The summed E-state index contributed by atoms with van der Waals surface area (Å²) in [6, 6.07) is 11.6. The van der Waals surface area contributed by atoms with Crippen LogP contribution in [0.15, 0.2) is 48.0 Å². The Morgan fingerprint density at radius 1 is 1.04 bits per heavy atom. The molecule has 2 aromatic carbocycles. The number of ketones is 1. The molecule has 1 unspecified atom stereocenters. The molecular weight excluding hydrogens is 397 g/mol. The van der Waals surface area contributed by atoms with Crippen molar-refractivity contribution in [1.29, 1.82) is 0 Å². The van der Waals surface area contributed by atoms with Crippen LogP contribution in [0.4, 0.5) is 0 Å². The molecular formula is C22H21Cl2NO3. The van der Waals surface area contributed by atoms with Crippen LogP contribution in [-0.4, -0.2) is 28.2 Å². The quantitative estimate of drug-likeness (QED) is 0.403. The maximum Gasteiger partial charge on any atom is 0.295 e. The Morgan fingerprint density at radius 2 is 1.71 bits per heavy atom. The van der Waals surface area contributed by atoms with Gasteiger partial charge in [-0.15, -0.1) is 0 Å². The standard InChI is InChI=1S/C22H21Cl2NO3/c1-3-11-25-19(15-9-10-16(23)17(24)12-15)18(21(27)22(25)28)20(26)14-7-5-13(4-2)6-8-14/h5-10,12,19,26H,3-4,11H2,1-2H3/b20-18-. The third-order valence-corrected chi connectivity index (χ3v) is 5.64. The monoisotopic (exact) mass is 417 g/mol. The number of aliphatic hydroxyl groups is 1. The van der Waals surface area contributed by atoms with E-state index in [0.717, 1.165) is 12.0 Å². The molecule has 1 atom stereocenters. The summed E-state index contributed by atoms with van der Waals surface area (Å²) in [5.74, 6) is -1.50. The Kier molecular flexibility index (Phi) is 6.11. The van der Waals surface area contributed by atoms with Gasteiger partial charge in [0.1, 0.15) is 5.76 Å². The molecule has 0 radical (unpaired) electrons. The smallest absolute Gasteiger partial charge is 0.295 e. The molecule has 0 bridgehead atoms. The minimum atomic E-state index is -0.708. The Hall–Kier alpha value is -2.30. The minimum absolute atomic E-state index is 0.0705.